The van der Waals surface area contributed by atoms with Gasteiger partial charge in [0.25, 0.3) is 0 Å². The summed E-state index contributed by atoms with van der Waals surface area (Å²) in [5, 5.41) is 0.138. The Morgan fingerprint density at radius 2 is 1.90 bits per heavy atom. The molecule has 102 valence electrons. The fourth-order valence-corrected chi connectivity index (χ4v) is 2.26. The van der Waals surface area contributed by atoms with Crippen LogP contribution in [-0.2, 0) is 6.54 Å². The molecule has 0 saturated carbocycles. The second kappa shape index (κ2) is 4.96. The zero-order valence-corrected chi connectivity index (χ0v) is 11.3. The lowest BCUT2D eigenvalue weighted by atomic mass is 10.2. The number of aromatic nitrogens is 4. The van der Waals surface area contributed by atoms with Crippen LogP contribution in [0.5, 0.6) is 0 Å². The highest BCUT2D eigenvalue weighted by Gasteiger charge is 2.12. The molecule has 3 rings (SSSR count). The summed E-state index contributed by atoms with van der Waals surface area (Å²) < 4.78 is 27.7. The van der Waals surface area contributed by atoms with E-state index in [4.69, 9.17) is 23.2 Å². The van der Waals surface area contributed by atoms with Crippen molar-refractivity contribution in [2.45, 2.75) is 6.54 Å². The minimum atomic E-state index is -0.905. The molecule has 0 saturated heterocycles. The van der Waals surface area contributed by atoms with E-state index in [0.29, 0.717) is 16.7 Å². The summed E-state index contributed by atoms with van der Waals surface area (Å²) in [7, 11) is 0. The summed E-state index contributed by atoms with van der Waals surface area (Å²) in [4.78, 5) is 11.9. The van der Waals surface area contributed by atoms with Gasteiger partial charge in [0.2, 0.25) is 5.28 Å². The summed E-state index contributed by atoms with van der Waals surface area (Å²) in [6, 6.07) is 3.67. The normalized spacial score (nSPS) is 11.2. The van der Waals surface area contributed by atoms with Crippen LogP contribution in [0.2, 0.25) is 10.4 Å². The van der Waals surface area contributed by atoms with Crippen molar-refractivity contribution in [2.75, 3.05) is 0 Å². The van der Waals surface area contributed by atoms with Gasteiger partial charge >= 0.3 is 0 Å². The van der Waals surface area contributed by atoms with Gasteiger partial charge in [-0.1, -0.05) is 17.7 Å². The lowest BCUT2D eigenvalue weighted by Gasteiger charge is -2.05. The summed E-state index contributed by atoms with van der Waals surface area (Å²) >= 11 is 11.6. The molecule has 0 N–H and O–H groups in total. The highest BCUT2D eigenvalue weighted by atomic mass is 35.5. The molecule has 1 aromatic carbocycles. The Bertz CT molecular complexity index is 803. The number of nitrogens with zero attached hydrogens (tertiary/aromatic N) is 4. The number of fused-ring (bicyclic) bond motifs is 1. The van der Waals surface area contributed by atoms with Gasteiger partial charge in [-0.2, -0.15) is 4.98 Å². The first-order chi connectivity index (χ1) is 9.54. The van der Waals surface area contributed by atoms with Gasteiger partial charge in [-0.25, -0.2) is 18.7 Å². The Hall–Kier alpha value is -1.79. The number of benzene rings is 1. The molecule has 0 radical (unpaired) electrons. The quantitative estimate of drug-likeness (QED) is 0.537. The smallest absolute Gasteiger partial charge is 0.225 e. The van der Waals surface area contributed by atoms with E-state index >= 15 is 0 Å². The third kappa shape index (κ3) is 2.32. The molecule has 0 bridgehead atoms. The van der Waals surface area contributed by atoms with Crippen molar-refractivity contribution in [3.05, 3.63) is 52.2 Å². The molecular formula is C12H6Cl2F2N4. The third-order valence-corrected chi connectivity index (χ3v) is 3.16. The van der Waals surface area contributed by atoms with Crippen LogP contribution >= 0.6 is 23.2 Å². The Morgan fingerprint density at radius 3 is 2.65 bits per heavy atom. The molecule has 3 aromatic rings. The van der Waals surface area contributed by atoms with E-state index in [0.717, 1.165) is 12.1 Å². The Morgan fingerprint density at radius 1 is 1.10 bits per heavy atom. The maximum atomic E-state index is 13.2. The molecule has 0 aliphatic rings. The Balaban J connectivity index is 2.04. The molecule has 4 nitrogen and oxygen atoms in total. The number of imidazole rings is 1. The van der Waals surface area contributed by atoms with Crippen molar-refractivity contribution in [3.8, 4) is 0 Å². The van der Waals surface area contributed by atoms with E-state index in [1.54, 1.807) is 4.57 Å². The third-order valence-electron chi connectivity index (χ3n) is 2.73. The summed E-state index contributed by atoms with van der Waals surface area (Å²) in [5.41, 5.74) is 1.40. The maximum absolute atomic E-state index is 13.2. The van der Waals surface area contributed by atoms with Crippen LogP contribution in [0.3, 0.4) is 0 Å². The van der Waals surface area contributed by atoms with Crippen molar-refractivity contribution in [3.63, 3.8) is 0 Å². The van der Waals surface area contributed by atoms with E-state index in [2.05, 4.69) is 15.0 Å². The van der Waals surface area contributed by atoms with Crippen LogP contribution in [0.25, 0.3) is 11.2 Å². The second-order valence-corrected chi connectivity index (χ2v) is 4.77. The average molecular weight is 315 g/mol. The SMILES string of the molecule is Fc1ccc(Cn2cnc3c(Cl)nc(Cl)nc32)cc1F. The van der Waals surface area contributed by atoms with E-state index in [-0.39, 0.29) is 17.0 Å². The highest BCUT2D eigenvalue weighted by Crippen LogP contribution is 2.21. The zero-order chi connectivity index (χ0) is 14.3. The van der Waals surface area contributed by atoms with E-state index in [9.17, 15) is 8.78 Å². The minimum Gasteiger partial charge on any atom is -0.311 e. The summed E-state index contributed by atoms with van der Waals surface area (Å²) in [5.74, 6) is -1.80. The predicted octanol–water partition coefficient (Wildman–Crippen LogP) is 3.46. The lowest BCUT2D eigenvalue weighted by molar-refractivity contribution is 0.506. The summed E-state index contributed by atoms with van der Waals surface area (Å²) in [6.45, 7) is 0.261. The number of hydrogen-bond donors (Lipinski definition) is 0. The van der Waals surface area contributed by atoms with E-state index < -0.39 is 11.6 Å². The summed E-state index contributed by atoms with van der Waals surface area (Å²) in [6.07, 6.45) is 1.49. The van der Waals surface area contributed by atoms with Crippen molar-refractivity contribution in [1.82, 2.24) is 19.5 Å². The van der Waals surface area contributed by atoms with Gasteiger partial charge in [0.05, 0.1) is 12.9 Å². The van der Waals surface area contributed by atoms with Gasteiger partial charge in [-0.3, -0.25) is 0 Å². The Labute approximate surface area is 122 Å². The largest absolute Gasteiger partial charge is 0.311 e. The van der Waals surface area contributed by atoms with Gasteiger partial charge < -0.3 is 4.57 Å². The van der Waals surface area contributed by atoms with E-state index in [1.807, 2.05) is 0 Å². The van der Waals surface area contributed by atoms with Crippen molar-refractivity contribution >= 4 is 34.4 Å². The van der Waals surface area contributed by atoms with Crippen LogP contribution in [0.15, 0.2) is 24.5 Å². The van der Waals surface area contributed by atoms with Gasteiger partial charge in [-0.05, 0) is 29.3 Å². The molecule has 20 heavy (non-hydrogen) atoms. The number of halogens is 4. The monoisotopic (exact) mass is 314 g/mol. The Kier molecular flexibility index (Phi) is 3.27. The van der Waals surface area contributed by atoms with Crippen LogP contribution in [0, 0.1) is 11.6 Å². The molecule has 0 fully saturated rings. The molecule has 0 unspecified atom stereocenters. The average Bonchev–Trinajstić information content (AvgIpc) is 2.77. The zero-order valence-electron chi connectivity index (χ0n) is 9.82. The van der Waals surface area contributed by atoms with Gasteiger partial charge in [0, 0.05) is 0 Å². The number of hydrogen-bond acceptors (Lipinski definition) is 3. The first-order valence-corrected chi connectivity index (χ1v) is 6.28. The molecular weight excluding hydrogens is 309 g/mol. The first-order valence-electron chi connectivity index (χ1n) is 5.52. The van der Waals surface area contributed by atoms with Gasteiger partial charge in [-0.15, -0.1) is 0 Å². The molecule has 0 spiro atoms. The standard InChI is InChI=1S/C12H6Cl2F2N4/c13-10-9-11(19-12(14)18-10)20(5-17-9)4-6-1-2-7(15)8(16)3-6/h1-3,5H,4H2. The lowest BCUT2D eigenvalue weighted by Crippen LogP contribution is -2.01. The molecule has 0 aliphatic carbocycles. The van der Waals surface area contributed by atoms with E-state index in [1.165, 1.54) is 12.4 Å². The minimum absolute atomic E-state index is 0.00506. The predicted molar refractivity (Wildman–Crippen MR) is 70.8 cm³/mol. The molecule has 0 amide bonds. The topological polar surface area (TPSA) is 43.6 Å². The van der Waals surface area contributed by atoms with Gasteiger partial charge in [0.1, 0.15) is 5.52 Å². The maximum Gasteiger partial charge on any atom is 0.225 e. The number of rotatable bonds is 2. The fourth-order valence-electron chi connectivity index (χ4n) is 1.84. The van der Waals surface area contributed by atoms with Gasteiger partial charge in [0.15, 0.2) is 22.4 Å². The molecule has 0 aliphatic heterocycles. The first kappa shape index (κ1) is 13.2. The molecule has 0 atom stereocenters. The van der Waals surface area contributed by atoms with Crippen LogP contribution in [0.1, 0.15) is 5.56 Å². The van der Waals surface area contributed by atoms with Crippen molar-refractivity contribution in [2.24, 2.45) is 0 Å². The van der Waals surface area contributed by atoms with Crippen LogP contribution in [0.4, 0.5) is 8.78 Å². The molecule has 2 aromatic heterocycles. The molecule has 8 heteroatoms. The van der Waals surface area contributed by atoms with Crippen molar-refractivity contribution < 1.29 is 8.78 Å². The van der Waals surface area contributed by atoms with Crippen LogP contribution < -0.4 is 0 Å². The second-order valence-electron chi connectivity index (χ2n) is 4.08. The van der Waals surface area contributed by atoms with Crippen LogP contribution in [-0.4, -0.2) is 19.5 Å². The fraction of sp³-hybridized carbons (Fsp3) is 0.0833. The van der Waals surface area contributed by atoms with Crippen molar-refractivity contribution in [1.29, 1.82) is 0 Å². The highest BCUT2D eigenvalue weighted by molar-refractivity contribution is 6.35. The molecule has 2 heterocycles.